The zero-order valence-electron chi connectivity index (χ0n) is 12.1. The summed E-state index contributed by atoms with van der Waals surface area (Å²) in [5.41, 5.74) is 0.708. The van der Waals surface area contributed by atoms with Crippen LogP contribution in [0, 0.1) is 10.1 Å². The molecule has 0 bridgehead atoms. The zero-order chi connectivity index (χ0) is 16.4. The summed E-state index contributed by atoms with van der Waals surface area (Å²) in [5, 5.41) is 11.1. The number of anilines is 1. The number of nitrogens with zero attached hydrogens (tertiary/aromatic N) is 5. The van der Waals surface area contributed by atoms with Crippen LogP contribution in [0.3, 0.4) is 0 Å². The first-order chi connectivity index (χ1) is 11.1. The highest BCUT2D eigenvalue weighted by atomic mass is 35.5. The molecule has 23 heavy (non-hydrogen) atoms. The van der Waals surface area contributed by atoms with Crippen molar-refractivity contribution < 1.29 is 9.72 Å². The lowest BCUT2D eigenvalue weighted by Gasteiger charge is -2.36. The highest BCUT2D eigenvalue weighted by Crippen LogP contribution is 2.30. The standard InChI is InChI=1S/C14H14ClN5O3/c15-12-9-11(20(22)23)1-2-13(12)17-5-7-18(8-6-17)14(21)19-4-3-16-10-19/h1-4,9-10H,5-8H2. The predicted octanol–water partition coefficient (Wildman–Crippen LogP) is 2.24. The van der Waals surface area contributed by atoms with Gasteiger partial charge in [0.2, 0.25) is 0 Å². The predicted molar refractivity (Wildman–Crippen MR) is 84.9 cm³/mol. The van der Waals surface area contributed by atoms with Gasteiger partial charge in [-0.2, -0.15) is 0 Å². The van der Waals surface area contributed by atoms with Crippen LogP contribution in [0.1, 0.15) is 0 Å². The molecule has 0 unspecified atom stereocenters. The maximum atomic E-state index is 12.2. The summed E-state index contributed by atoms with van der Waals surface area (Å²) in [7, 11) is 0. The van der Waals surface area contributed by atoms with E-state index in [1.807, 2.05) is 4.90 Å². The number of amides is 1. The monoisotopic (exact) mass is 335 g/mol. The van der Waals surface area contributed by atoms with Crippen LogP contribution in [0.25, 0.3) is 0 Å². The molecule has 3 rings (SSSR count). The van der Waals surface area contributed by atoms with Crippen molar-refractivity contribution in [1.29, 1.82) is 0 Å². The van der Waals surface area contributed by atoms with Crippen molar-refractivity contribution >= 4 is 29.0 Å². The van der Waals surface area contributed by atoms with E-state index in [9.17, 15) is 14.9 Å². The Labute approximate surface area is 137 Å². The number of imidazole rings is 1. The van der Waals surface area contributed by atoms with Gasteiger partial charge in [-0.05, 0) is 6.07 Å². The molecular weight excluding hydrogens is 322 g/mol. The number of aromatic nitrogens is 2. The van der Waals surface area contributed by atoms with Gasteiger partial charge in [-0.1, -0.05) is 11.6 Å². The van der Waals surface area contributed by atoms with Crippen molar-refractivity contribution in [2.24, 2.45) is 0 Å². The Kier molecular flexibility index (Phi) is 4.16. The molecule has 1 aliphatic rings. The molecule has 1 aromatic heterocycles. The largest absolute Gasteiger partial charge is 0.367 e. The highest BCUT2D eigenvalue weighted by Gasteiger charge is 2.24. The van der Waals surface area contributed by atoms with Crippen molar-refractivity contribution in [3.63, 3.8) is 0 Å². The lowest BCUT2D eigenvalue weighted by Crippen LogP contribution is -2.49. The second-order valence-corrected chi connectivity index (χ2v) is 5.53. The number of hydrogen-bond acceptors (Lipinski definition) is 5. The summed E-state index contributed by atoms with van der Waals surface area (Å²) in [4.78, 5) is 30.1. The number of carbonyl (C=O) groups excluding carboxylic acids is 1. The van der Waals surface area contributed by atoms with Crippen LogP contribution < -0.4 is 4.90 Å². The first kappa shape index (κ1) is 15.3. The molecule has 0 aliphatic carbocycles. The smallest absolute Gasteiger partial charge is 0.329 e. The fourth-order valence-electron chi connectivity index (χ4n) is 2.54. The van der Waals surface area contributed by atoms with Gasteiger partial charge in [0.05, 0.1) is 15.6 Å². The summed E-state index contributed by atoms with van der Waals surface area (Å²) in [6.07, 6.45) is 4.65. The molecule has 1 fully saturated rings. The van der Waals surface area contributed by atoms with Gasteiger partial charge in [-0.3, -0.25) is 14.7 Å². The first-order valence-corrected chi connectivity index (χ1v) is 7.40. The van der Waals surface area contributed by atoms with Gasteiger partial charge in [0.15, 0.2) is 0 Å². The molecule has 1 aliphatic heterocycles. The number of carbonyl (C=O) groups is 1. The third-order valence-corrected chi connectivity index (χ3v) is 4.06. The summed E-state index contributed by atoms with van der Waals surface area (Å²) in [5.74, 6) is 0. The molecule has 9 heteroatoms. The van der Waals surface area contributed by atoms with Crippen LogP contribution in [-0.4, -0.2) is 51.6 Å². The highest BCUT2D eigenvalue weighted by molar-refractivity contribution is 6.33. The molecule has 0 N–H and O–H groups in total. The summed E-state index contributed by atoms with van der Waals surface area (Å²) in [6.45, 7) is 2.31. The van der Waals surface area contributed by atoms with Crippen molar-refractivity contribution in [3.8, 4) is 0 Å². The second kappa shape index (κ2) is 6.25. The Bertz CT molecular complexity index is 726. The number of nitro groups is 1. The van der Waals surface area contributed by atoms with Gasteiger partial charge in [0.25, 0.3) is 5.69 Å². The van der Waals surface area contributed by atoms with Crippen molar-refractivity contribution in [3.05, 3.63) is 52.1 Å². The number of hydrogen-bond donors (Lipinski definition) is 0. The van der Waals surface area contributed by atoms with E-state index in [1.165, 1.54) is 23.0 Å². The van der Waals surface area contributed by atoms with E-state index in [0.717, 1.165) is 5.69 Å². The Morgan fingerprint density at radius 3 is 2.57 bits per heavy atom. The molecule has 0 saturated carbocycles. The van der Waals surface area contributed by atoms with Gasteiger partial charge in [0.1, 0.15) is 6.33 Å². The quantitative estimate of drug-likeness (QED) is 0.620. The van der Waals surface area contributed by atoms with Crippen molar-refractivity contribution in [2.75, 3.05) is 31.1 Å². The molecule has 1 saturated heterocycles. The maximum Gasteiger partial charge on any atom is 0.329 e. The van der Waals surface area contributed by atoms with Gasteiger partial charge in [-0.15, -0.1) is 0 Å². The minimum absolute atomic E-state index is 0.0346. The number of non-ortho nitro benzene ring substituents is 1. The van der Waals surface area contributed by atoms with Crippen LogP contribution in [0.15, 0.2) is 36.9 Å². The second-order valence-electron chi connectivity index (χ2n) is 5.12. The molecule has 2 heterocycles. The van der Waals surface area contributed by atoms with E-state index in [-0.39, 0.29) is 11.7 Å². The van der Waals surface area contributed by atoms with Crippen LogP contribution in [0.2, 0.25) is 5.02 Å². The average Bonchev–Trinajstić information content (AvgIpc) is 3.08. The Morgan fingerprint density at radius 1 is 1.26 bits per heavy atom. The Hall–Kier alpha value is -2.61. The van der Waals surface area contributed by atoms with Crippen LogP contribution >= 0.6 is 11.6 Å². The lowest BCUT2D eigenvalue weighted by molar-refractivity contribution is -0.384. The van der Waals surface area contributed by atoms with Crippen LogP contribution in [0.5, 0.6) is 0 Å². The molecule has 1 amide bonds. The number of piperazine rings is 1. The van der Waals surface area contributed by atoms with Gasteiger partial charge >= 0.3 is 6.03 Å². The molecule has 120 valence electrons. The number of rotatable bonds is 2. The molecular formula is C14H14ClN5O3. The molecule has 0 spiro atoms. The van der Waals surface area contributed by atoms with E-state index in [0.29, 0.717) is 31.2 Å². The average molecular weight is 336 g/mol. The third kappa shape index (κ3) is 3.11. The maximum absolute atomic E-state index is 12.2. The number of halogens is 1. The molecule has 0 atom stereocenters. The topological polar surface area (TPSA) is 84.5 Å². The van der Waals surface area contributed by atoms with E-state index in [2.05, 4.69) is 4.98 Å². The van der Waals surface area contributed by atoms with Crippen LogP contribution in [-0.2, 0) is 0 Å². The van der Waals surface area contributed by atoms with Gasteiger partial charge in [0, 0.05) is 50.7 Å². The summed E-state index contributed by atoms with van der Waals surface area (Å²) in [6, 6.07) is 4.31. The normalized spacial score (nSPS) is 14.8. The number of nitro benzene ring substituents is 1. The molecule has 8 nitrogen and oxygen atoms in total. The minimum Gasteiger partial charge on any atom is -0.367 e. The SMILES string of the molecule is O=C(N1CCN(c2ccc([N+](=O)[O-])cc2Cl)CC1)n1ccnc1. The fraction of sp³-hybridized carbons (Fsp3) is 0.286. The Balaban J connectivity index is 1.67. The lowest BCUT2D eigenvalue weighted by atomic mass is 10.2. The molecule has 1 aromatic carbocycles. The van der Waals surface area contributed by atoms with E-state index < -0.39 is 4.92 Å². The third-order valence-electron chi connectivity index (χ3n) is 3.76. The van der Waals surface area contributed by atoms with Crippen molar-refractivity contribution in [2.45, 2.75) is 0 Å². The van der Waals surface area contributed by atoms with Gasteiger partial charge < -0.3 is 9.80 Å². The molecule has 2 aromatic rings. The van der Waals surface area contributed by atoms with E-state index in [4.69, 9.17) is 11.6 Å². The first-order valence-electron chi connectivity index (χ1n) is 7.02. The van der Waals surface area contributed by atoms with E-state index in [1.54, 1.807) is 23.4 Å². The van der Waals surface area contributed by atoms with E-state index >= 15 is 0 Å². The van der Waals surface area contributed by atoms with Crippen LogP contribution in [0.4, 0.5) is 16.2 Å². The van der Waals surface area contributed by atoms with Crippen molar-refractivity contribution in [1.82, 2.24) is 14.5 Å². The molecule has 0 radical (unpaired) electrons. The zero-order valence-corrected chi connectivity index (χ0v) is 12.9. The summed E-state index contributed by atoms with van der Waals surface area (Å²) < 4.78 is 1.44. The Morgan fingerprint density at radius 2 is 2.00 bits per heavy atom. The fourth-order valence-corrected chi connectivity index (χ4v) is 2.83. The van der Waals surface area contributed by atoms with Gasteiger partial charge in [-0.25, -0.2) is 9.78 Å². The number of benzene rings is 1. The minimum atomic E-state index is -0.475. The summed E-state index contributed by atoms with van der Waals surface area (Å²) >= 11 is 6.15.